The molecule has 0 aliphatic heterocycles. The molecule has 1 N–H and O–H groups in total. The summed E-state index contributed by atoms with van der Waals surface area (Å²) in [6, 6.07) is 10.4. The fraction of sp³-hybridized carbons (Fsp3) is 0.375. The fourth-order valence-corrected chi connectivity index (χ4v) is 3.64. The Morgan fingerprint density at radius 2 is 1.94 bits per heavy atom. The van der Waals surface area contributed by atoms with Gasteiger partial charge in [0.25, 0.3) is 5.91 Å². The summed E-state index contributed by atoms with van der Waals surface area (Å²) in [4.78, 5) is 19.0. The second kappa shape index (κ2) is 10.1. The van der Waals surface area contributed by atoms with Crippen LogP contribution in [-0.4, -0.2) is 40.3 Å². The number of likely N-dealkylation sites (N-methyl/N-ethyl adjacent to an activating group) is 1. The smallest absolute Gasteiger partial charge is 0.370 e. The second-order valence-corrected chi connectivity index (χ2v) is 8.09. The van der Waals surface area contributed by atoms with Crippen LogP contribution in [0.25, 0.3) is 5.82 Å². The third-order valence-electron chi connectivity index (χ3n) is 5.31. The highest BCUT2D eigenvalue weighted by atomic mass is 19.4. The van der Waals surface area contributed by atoms with E-state index in [4.69, 9.17) is 0 Å². The van der Waals surface area contributed by atoms with Gasteiger partial charge in [-0.05, 0) is 49.6 Å². The summed E-state index contributed by atoms with van der Waals surface area (Å²) in [6.45, 7) is 9.75. The number of anilines is 1. The number of hydrogen-bond acceptors (Lipinski definition) is 4. The van der Waals surface area contributed by atoms with Crippen molar-refractivity contribution in [3.63, 3.8) is 0 Å². The molecule has 1 amide bonds. The summed E-state index contributed by atoms with van der Waals surface area (Å²) < 4.78 is 40.0. The van der Waals surface area contributed by atoms with Crippen LogP contribution in [0.1, 0.15) is 53.9 Å². The second-order valence-electron chi connectivity index (χ2n) is 8.09. The first kappa shape index (κ1) is 24.3. The molecule has 0 saturated carbocycles. The van der Waals surface area contributed by atoms with Gasteiger partial charge in [-0.25, -0.2) is 9.67 Å². The number of nitrogens with zero attached hydrogens (tertiary/aromatic N) is 4. The third-order valence-corrected chi connectivity index (χ3v) is 5.31. The molecule has 3 rings (SSSR count). The van der Waals surface area contributed by atoms with Crippen LogP contribution < -0.4 is 10.2 Å². The minimum atomic E-state index is -4.47. The van der Waals surface area contributed by atoms with Crippen molar-refractivity contribution >= 4 is 11.6 Å². The number of rotatable bonds is 8. The maximum atomic E-state index is 12.9. The summed E-state index contributed by atoms with van der Waals surface area (Å²) in [5, 5.41) is 7.17. The molecule has 0 bridgehead atoms. The number of alkyl halides is 3. The van der Waals surface area contributed by atoms with Crippen LogP contribution in [0.2, 0.25) is 0 Å². The Hall–Kier alpha value is -3.36. The normalized spacial score (nSPS) is 11.6. The molecule has 2 heterocycles. The van der Waals surface area contributed by atoms with Crippen molar-refractivity contribution in [2.45, 2.75) is 39.8 Å². The first-order chi connectivity index (χ1) is 15.6. The van der Waals surface area contributed by atoms with Crippen LogP contribution in [0.5, 0.6) is 0 Å². The number of nitrogens with one attached hydrogen (secondary N) is 1. The molecule has 0 spiro atoms. The number of carbonyl (C=O) groups excluding carboxylic acids is 1. The number of amides is 1. The SMILES string of the molecule is CCN(CCNC(=O)c1cnn(-c2ccc(C(F)(F)F)cn2)c1C(C)C)c1cccc(C)c1. The van der Waals surface area contributed by atoms with E-state index in [1.54, 1.807) is 0 Å². The molecule has 0 radical (unpaired) electrons. The van der Waals surface area contributed by atoms with Crippen molar-refractivity contribution in [3.8, 4) is 5.82 Å². The van der Waals surface area contributed by atoms with E-state index in [2.05, 4.69) is 33.3 Å². The summed E-state index contributed by atoms with van der Waals surface area (Å²) in [5.41, 5.74) is 2.39. The van der Waals surface area contributed by atoms with Gasteiger partial charge >= 0.3 is 6.18 Å². The van der Waals surface area contributed by atoms with E-state index in [0.717, 1.165) is 24.5 Å². The Labute approximate surface area is 191 Å². The van der Waals surface area contributed by atoms with Gasteiger partial charge in [0.1, 0.15) is 0 Å². The Balaban J connectivity index is 1.74. The summed E-state index contributed by atoms with van der Waals surface area (Å²) >= 11 is 0. The highest BCUT2D eigenvalue weighted by molar-refractivity contribution is 5.95. The van der Waals surface area contributed by atoms with E-state index in [-0.39, 0.29) is 17.6 Å². The summed E-state index contributed by atoms with van der Waals surface area (Å²) in [5.74, 6) is -0.156. The highest BCUT2D eigenvalue weighted by Crippen LogP contribution is 2.29. The van der Waals surface area contributed by atoms with E-state index in [1.165, 1.54) is 22.5 Å². The molecule has 33 heavy (non-hydrogen) atoms. The lowest BCUT2D eigenvalue weighted by molar-refractivity contribution is -0.137. The average Bonchev–Trinajstić information content (AvgIpc) is 3.22. The maximum Gasteiger partial charge on any atom is 0.417 e. The highest BCUT2D eigenvalue weighted by Gasteiger charge is 2.31. The number of aryl methyl sites for hydroxylation is 1. The van der Waals surface area contributed by atoms with Gasteiger partial charge in [-0.3, -0.25) is 4.79 Å². The largest absolute Gasteiger partial charge is 0.417 e. The number of aromatic nitrogens is 3. The van der Waals surface area contributed by atoms with Crippen LogP contribution in [0.3, 0.4) is 0 Å². The molecule has 0 aliphatic rings. The molecule has 176 valence electrons. The zero-order valence-corrected chi connectivity index (χ0v) is 19.1. The Kier molecular flexibility index (Phi) is 7.40. The molecule has 0 saturated heterocycles. The lowest BCUT2D eigenvalue weighted by atomic mass is 10.1. The predicted octanol–water partition coefficient (Wildman–Crippen LogP) is 4.97. The fourth-order valence-electron chi connectivity index (χ4n) is 3.64. The van der Waals surface area contributed by atoms with Gasteiger partial charge in [0, 0.05) is 31.5 Å². The van der Waals surface area contributed by atoms with Crippen LogP contribution in [0, 0.1) is 6.92 Å². The van der Waals surface area contributed by atoms with Gasteiger partial charge in [-0.15, -0.1) is 0 Å². The topological polar surface area (TPSA) is 63.1 Å². The maximum absolute atomic E-state index is 12.9. The molecule has 0 atom stereocenters. The van der Waals surface area contributed by atoms with Crippen LogP contribution in [-0.2, 0) is 6.18 Å². The zero-order valence-electron chi connectivity index (χ0n) is 19.1. The van der Waals surface area contributed by atoms with Gasteiger partial charge in [-0.1, -0.05) is 26.0 Å². The lowest BCUT2D eigenvalue weighted by Gasteiger charge is -2.23. The molecule has 1 aromatic carbocycles. The third kappa shape index (κ3) is 5.71. The number of pyridine rings is 1. The summed E-state index contributed by atoms with van der Waals surface area (Å²) in [6.07, 6.45) is -2.26. The molecule has 2 aromatic heterocycles. The van der Waals surface area contributed by atoms with Crippen LogP contribution in [0.15, 0.2) is 48.8 Å². The molecule has 6 nitrogen and oxygen atoms in total. The molecular formula is C24H28F3N5O. The van der Waals surface area contributed by atoms with Gasteiger partial charge < -0.3 is 10.2 Å². The quantitative estimate of drug-likeness (QED) is 0.516. The standard InChI is InChI=1S/C24H28F3N5O/c1-5-31(19-8-6-7-17(4)13-19)12-11-28-23(33)20-15-30-32(22(20)16(2)3)21-10-9-18(14-29-21)24(25,26)27/h6-10,13-16H,5,11-12H2,1-4H3,(H,28,33). The number of carbonyl (C=O) groups is 1. The van der Waals surface area contributed by atoms with Crippen molar-refractivity contribution in [2.75, 3.05) is 24.5 Å². The average molecular weight is 460 g/mol. The number of hydrogen-bond donors (Lipinski definition) is 1. The zero-order chi connectivity index (χ0) is 24.2. The molecule has 9 heteroatoms. The molecule has 0 unspecified atom stereocenters. The Bertz CT molecular complexity index is 1090. The van der Waals surface area contributed by atoms with Gasteiger partial charge in [0.15, 0.2) is 5.82 Å². The number of halogens is 3. The van der Waals surface area contributed by atoms with Crippen molar-refractivity contribution < 1.29 is 18.0 Å². The van der Waals surface area contributed by atoms with Crippen molar-refractivity contribution in [2.24, 2.45) is 0 Å². The Morgan fingerprint density at radius 3 is 2.52 bits per heavy atom. The lowest BCUT2D eigenvalue weighted by Crippen LogP contribution is -2.35. The minimum absolute atomic E-state index is 0.100. The van der Waals surface area contributed by atoms with Crippen molar-refractivity contribution in [3.05, 3.63) is 71.2 Å². The van der Waals surface area contributed by atoms with E-state index < -0.39 is 11.7 Å². The Morgan fingerprint density at radius 1 is 1.18 bits per heavy atom. The van der Waals surface area contributed by atoms with E-state index in [0.29, 0.717) is 24.3 Å². The van der Waals surface area contributed by atoms with Gasteiger partial charge in [0.05, 0.1) is 23.0 Å². The first-order valence-electron chi connectivity index (χ1n) is 10.8. The van der Waals surface area contributed by atoms with Crippen molar-refractivity contribution in [1.29, 1.82) is 0 Å². The predicted molar refractivity (Wildman–Crippen MR) is 122 cm³/mol. The molecule has 0 fully saturated rings. The number of benzene rings is 1. The first-order valence-corrected chi connectivity index (χ1v) is 10.8. The van der Waals surface area contributed by atoms with Crippen molar-refractivity contribution in [1.82, 2.24) is 20.1 Å². The monoisotopic (exact) mass is 459 g/mol. The van der Waals surface area contributed by atoms with Crippen LogP contribution >= 0.6 is 0 Å². The van der Waals surface area contributed by atoms with E-state index in [9.17, 15) is 18.0 Å². The van der Waals surface area contributed by atoms with Gasteiger partial charge in [0.2, 0.25) is 0 Å². The molecule has 0 aliphatic carbocycles. The van der Waals surface area contributed by atoms with E-state index in [1.807, 2.05) is 39.0 Å². The van der Waals surface area contributed by atoms with E-state index >= 15 is 0 Å². The van der Waals surface area contributed by atoms with Crippen LogP contribution in [0.4, 0.5) is 18.9 Å². The van der Waals surface area contributed by atoms with Gasteiger partial charge in [-0.2, -0.15) is 18.3 Å². The summed E-state index contributed by atoms with van der Waals surface area (Å²) in [7, 11) is 0. The molecule has 3 aromatic rings. The molecular weight excluding hydrogens is 431 g/mol. The minimum Gasteiger partial charge on any atom is -0.370 e.